The minimum absolute atomic E-state index is 0.156. The van der Waals surface area contributed by atoms with Gasteiger partial charge in [-0.2, -0.15) is 0 Å². The van der Waals surface area contributed by atoms with E-state index in [1.165, 1.54) is 17.2 Å². The van der Waals surface area contributed by atoms with E-state index >= 15 is 0 Å². The van der Waals surface area contributed by atoms with Crippen LogP contribution in [0, 0.1) is 10.1 Å². The predicted molar refractivity (Wildman–Crippen MR) is 84.9 cm³/mol. The summed E-state index contributed by atoms with van der Waals surface area (Å²) in [6.07, 6.45) is 5.94. The van der Waals surface area contributed by atoms with Crippen molar-refractivity contribution in [2.75, 3.05) is 11.4 Å². The Morgan fingerprint density at radius 1 is 1.26 bits per heavy atom. The lowest BCUT2D eigenvalue weighted by Gasteiger charge is -2.22. The van der Waals surface area contributed by atoms with Gasteiger partial charge in [-0.15, -0.1) is 0 Å². The van der Waals surface area contributed by atoms with Gasteiger partial charge in [-0.3, -0.25) is 14.7 Å². The highest BCUT2D eigenvalue weighted by molar-refractivity contribution is 5.72. The van der Waals surface area contributed by atoms with Crippen molar-refractivity contribution in [3.8, 4) is 5.82 Å². The van der Waals surface area contributed by atoms with Crippen molar-refractivity contribution < 1.29 is 4.92 Å². The topological polar surface area (TPSA) is 90.0 Å². The average molecular weight is 310 g/mol. The Morgan fingerprint density at radius 2 is 2.04 bits per heavy atom. The number of anilines is 2. The third-order valence-electron chi connectivity index (χ3n) is 3.35. The summed E-state index contributed by atoms with van der Waals surface area (Å²) < 4.78 is 1.50. The van der Waals surface area contributed by atoms with E-state index in [1.807, 2.05) is 37.3 Å². The van der Waals surface area contributed by atoms with Crippen LogP contribution in [-0.2, 0) is 0 Å². The largest absolute Gasteiger partial charge is 0.354 e. The Bertz CT molecular complexity index is 804. The van der Waals surface area contributed by atoms with Gasteiger partial charge in [-0.1, -0.05) is 18.2 Å². The molecule has 0 unspecified atom stereocenters. The van der Waals surface area contributed by atoms with Crippen LogP contribution in [0.3, 0.4) is 0 Å². The number of benzene rings is 1. The molecule has 0 spiro atoms. The van der Waals surface area contributed by atoms with E-state index in [-0.39, 0.29) is 17.3 Å². The zero-order valence-corrected chi connectivity index (χ0v) is 12.4. The SMILES string of the molecule is CCN(c1ccccc1)c1ncnc(-n2ccnc2)c1[N+](=O)[O-]. The first-order valence-electron chi connectivity index (χ1n) is 7.02. The normalized spacial score (nSPS) is 10.5. The maximum atomic E-state index is 11.7. The molecule has 0 radical (unpaired) electrons. The van der Waals surface area contributed by atoms with Gasteiger partial charge >= 0.3 is 5.69 Å². The van der Waals surface area contributed by atoms with Gasteiger partial charge in [0.2, 0.25) is 11.6 Å². The van der Waals surface area contributed by atoms with E-state index in [0.717, 1.165) is 5.69 Å². The van der Waals surface area contributed by atoms with E-state index in [1.54, 1.807) is 17.3 Å². The molecule has 3 rings (SSSR count). The van der Waals surface area contributed by atoms with Crippen molar-refractivity contribution in [1.82, 2.24) is 19.5 Å². The molecular formula is C15H14N6O2. The Balaban J connectivity index is 2.19. The summed E-state index contributed by atoms with van der Waals surface area (Å²) in [6, 6.07) is 9.41. The lowest BCUT2D eigenvalue weighted by molar-refractivity contribution is -0.384. The number of hydrogen-bond donors (Lipinski definition) is 0. The molecule has 0 aliphatic heterocycles. The van der Waals surface area contributed by atoms with Gasteiger partial charge in [0.15, 0.2) is 0 Å². The molecule has 0 bridgehead atoms. The first kappa shape index (κ1) is 14.6. The van der Waals surface area contributed by atoms with Crippen molar-refractivity contribution in [2.24, 2.45) is 0 Å². The number of aromatic nitrogens is 4. The summed E-state index contributed by atoms with van der Waals surface area (Å²) in [4.78, 5) is 25.1. The molecular weight excluding hydrogens is 296 g/mol. The second-order valence-electron chi connectivity index (χ2n) is 4.68. The van der Waals surface area contributed by atoms with Crippen molar-refractivity contribution in [2.45, 2.75) is 6.92 Å². The summed E-state index contributed by atoms with van der Waals surface area (Å²) in [5, 5.41) is 11.7. The highest BCUT2D eigenvalue weighted by atomic mass is 16.6. The van der Waals surface area contributed by atoms with Crippen LogP contribution >= 0.6 is 0 Å². The minimum Gasteiger partial charge on any atom is -0.321 e. The van der Waals surface area contributed by atoms with Crippen LogP contribution in [0.2, 0.25) is 0 Å². The fraction of sp³-hybridized carbons (Fsp3) is 0.133. The zero-order chi connectivity index (χ0) is 16.2. The molecule has 0 fully saturated rings. The van der Waals surface area contributed by atoms with Crippen molar-refractivity contribution in [3.05, 3.63) is 65.5 Å². The molecule has 0 N–H and O–H groups in total. The molecule has 116 valence electrons. The molecule has 2 aromatic heterocycles. The smallest absolute Gasteiger partial charge is 0.321 e. The Kier molecular flexibility index (Phi) is 3.96. The molecule has 2 heterocycles. The summed E-state index contributed by atoms with van der Waals surface area (Å²) in [6.45, 7) is 2.45. The molecule has 1 aromatic carbocycles. The number of para-hydroxylation sites is 1. The van der Waals surface area contributed by atoms with Crippen LogP contribution in [0.1, 0.15) is 6.92 Å². The molecule has 23 heavy (non-hydrogen) atoms. The second kappa shape index (κ2) is 6.22. The lowest BCUT2D eigenvalue weighted by Crippen LogP contribution is -2.20. The van der Waals surface area contributed by atoms with Crippen LogP contribution in [0.25, 0.3) is 5.82 Å². The highest BCUT2D eigenvalue weighted by Gasteiger charge is 2.28. The first-order valence-corrected chi connectivity index (χ1v) is 7.02. The van der Waals surface area contributed by atoms with Gasteiger partial charge in [-0.25, -0.2) is 15.0 Å². The van der Waals surface area contributed by atoms with Crippen LogP contribution in [0.15, 0.2) is 55.4 Å². The van der Waals surface area contributed by atoms with E-state index in [4.69, 9.17) is 0 Å². The molecule has 0 amide bonds. The van der Waals surface area contributed by atoms with Gasteiger partial charge in [-0.05, 0) is 19.1 Å². The van der Waals surface area contributed by atoms with Crippen LogP contribution in [0.4, 0.5) is 17.2 Å². The zero-order valence-electron chi connectivity index (χ0n) is 12.4. The van der Waals surface area contributed by atoms with Gasteiger partial charge in [0.25, 0.3) is 0 Å². The number of nitrogens with zero attached hydrogens (tertiary/aromatic N) is 6. The molecule has 0 aliphatic rings. The average Bonchev–Trinajstić information content (AvgIpc) is 3.10. The van der Waals surface area contributed by atoms with Crippen molar-refractivity contribution in [3.63, 3.8) is 0 Å². The van der Waals surface area contributed by atoms with E-state index in [0.29, 0.717) is 6.54 Å². The number of rotatable bonds is 5. The van der Waals surface area contributed by atoms with Crippen LogP contribution < -0.4 is 4.90 Å². The maximum Gasteiger partial charge on any atom is 0.354 e. The molecule has 0 saturated heterocycles. The quantitative estimate of drug-likeness (QED) is 0.531. The predicted octanol–water partition coefficient (Wildman–Crippen LogP) is 2.73. The Hall–Kier alpha value is -3.29. The molecule has 0 saturated carbocycles. The minimum atomic E-state index is -0.462. The van der Waals surface area contributed by atoms with Crippen LogP contribution in [0.5, 0.6) is 0 Å². The summed E-state index contributed by atoms with van der Waals surface area (Å²) in [5.74, 6) is 0.439. The highest BCUT2D eigenvalue weighted by Crippen LogP contribution is 2.34. The summed E-state index contributed by atoms with van der Waals surface area (Å²) >= 11 is 0. The number of hydrogen-bond acceptors (Lipinski definition) is 6. The summed E-state index contributed by atoms with van der Waals surface area (Å²) in [5.41, 5.74) is 0.671. The van der Waals surface area contributed by atoms with Crippen LogP contribution in [-0.4, -0.2) is 31.0 Å². The van der Waals surface area contributed by atoms with Gasteiger partial charge in [0.1, 0.15) is 12.7 Å². The van der Waals surface area contributed by atoms with Crippen molar-refractivity contribution in [1.29, 1.82) is 0 Å². The number of nitro groups is 1. The fourth-order valence-electron chi connectivity index (χ4n) is 2.36. The molecule has 8 heteroatoms. The Morgan fingerprint density at radius 3 is 2.65 bits per heavy atom. The van der Waals surface area contributed by atoms with Gasteiger partial charge in [0.05, 0.1) is 4.92 Å². The maximum absolute atomic E-state index is 11.7. The van der Waals surface area contributed by atoms with E-state index < -0.39 is 4.92 Å². The fourth-order valence-corrected chi connectivity index (χ4v) is 2.36. The van der Waals surface area contributed by atoms with E-state index in [2.05, 4.69) is 15.0 Å². The third kappa shape index (κ3) is 2.73. The molecule has 0 atom stereocenters. The standard InChI is InChI=1S/C15H14N6O2/c1-2-20(12-6-4-3-5-7-12)15-13(21(22)23)14(17-10-18-15)19-9-8-16-11-19/h3-11H,2H2,1H3. The van der Waals surface area contributed by atoms with Gasteiger partial charge < -0.3 is 4.90 Å². The molecule has 3 aromatic rings. The number of imidazole rings is 1. The monoisotopic (exact) mass is 310 g/mol. The molecule has 0 aliphatic carbocycles. The Labute approximate surface area is 132 Å². The molecule has 8 nitrogen and oxygen atoms in total. The second-order valence-corrected chi connectivity index (χ2v) is 4.68. The van der Waals surface area contributed by atoms with Gasteiger partial charge in [0, 0.05) is 24.6 Å². The third-order valence-corrected chi connectivity index (χ3v) is 3.35. The first-order chi connectivity index (χ1) is 11.2. The lowest BCUT2D eigenvalue weighted by atomic mass is 10.2. The van der Waals surface area contributed by atoms with Crippen molar-refractivity contribution >= 4 is 17.2 Å². The summed E-state index contributed by atoms with van der Waals surface area (Å²) in [7, 11) is 0. The van der Waals surface area contributed by atoms with E-state index in [9.17, 15) is 10.1 Å².